The van der Waals surface area contributed by atoms with Crippen molar-refractivity contribution in [1.29, 1.82) is 0 Å². The molecule has 4 aliphatic rings. The molecule has 0 spiro atoms. The van der Waals surface area contributed by atoms with Crippen molar-refractivity contribution in [3.05, 3.63) is 0 Å². The topological polar surface area (TPSA) is 64.3 Å². The Morgan fingerprint density at radius 1 is 1.20 bits per heavy atom. The van der Waals surface area contributed by atoms with E-state index in [9.17, 15) is 4.79 Å². The van der Waals surface area contributed by atoms with E-state index in [0.29, 0.717) is 36.8 Å². The van der Waals surface area contributed by atoms with Crippen LogP contribution in [-0.4, -0.2) is 32.2 Å². The van der Waals surface area contributed by atoms with Gasteiger partial charge in [0, 0.05) is 25.6 Å². The van der Waals surface area contributed by atoms with E-state index in [1.165, 1.54) is 32.1 Å². The molecule has 1 amide bonds. The van der Waals surface area contributed by atoms with Gasteiger partial charge in [0.1, 0.15) is 0 Å². The van der Waals surface area contributed by atoms with E-state index >= 15 is 0 Å². The van der Waals surface area contributed by atoms with Gasteiger partial charge in [-0.05, 0) is 62.2 Å². The predicted octanol–water partition coefficient (Wildman–Crippen LogP) is 1.54. The standard InChI is InChI=1S/C16H28N2O2/c1-20-9-14(17)2-3-18-16(19)15-12-5-10-4-11(7-12)8-13(15)6-10/h10-15H,2-9,17H2,1H3,(H,18,19). The molecule has 0 aromatic heterocycles. The van der Waals surface area contributed by atoms with E-state index in [4.69, 9.17) is 10.5 Å². The maximum absolute atomic E-state index is 12.5. The van der Waals surface area contributed by atoms with Crippen molar-refractivity contribution in [2.45, 2.75) is 44.6 Å². The minimum absolute atomic E-state index is 0.0267. The lowest BCUT2D eigenvalue weighted by molar-refractivity contribution is -0.138. The summed E-state index contributed by atoms with van der Waals surface area (Å²) in [4.78, 5) is 12.5. The van der Waals surface area contributed by atoms with Crippen molar-refractivity contribution in [1.82, 2.24) is 5.32 Å². The van der Waals surface area contributed by atoms with Gasteiger partial charge in [0.2, 0.25) is 5.91 Å². The fourth-order valence-corrected chi connectivity index (χ4v) is 5.15. The van der Waals surface area contributed by atoms with Crippen LogP contribution in [0.5, 0.6) is 0 Å². The van der Waals surface area contributed by atoms with Crippen molar-refractivity contribution >= 4 is 5.91 Å². The first-order valence-corrected chi connectivity index (χ1v) is 8.19. The number of nitrogens with two attached hydrogens (primary N) is 1. The summed E-state index contributed by atoms with van der Waals surface area (Å²) in [6.07, 6.45) is 7.44. The number of hydrogen-bond donors (Lipinski definition) is 2. The summed E-state index contributed by atoms with van der Waals surface area (Å²) >= 11 is 0. The number of ether oxygens (including phenoxy) is 1. The van der Waals surface area contributed by atoms with E-state index < -0.39 is 0 Å². The van der Waals surface area contributed by atoms with Crippen LogP contribution in [-0.2, 0) is 9.53 Å². The summed E-state index contributed by atoms with van der Waals surface area (Å²) in [6.45, 7) is 1.25. The number of rotatable bonds is 6. The number of carbonyl (C=O) groups is 1. The summed E-state index contributed by atoms with van der Waals surface area (Å²) in [6, 6.07) is 0.0267. The van der Waals surface area contributed by atoms with Gasteiger partial charge >= 0.3 is 0 Å². The Hall–Kier alpha value is -0.610. The molecule has 3 N–H and O–H groups in total. The van der Waals surface area contributed by atoms with Crippen LogP contribution in [0.15, 0.2) is 0 Å². The number of amides is 1. The molecular weight excluding hydrogens is 252 g/mol. The van der Waals surface area contributed by atoms with Crippen LogP contribution in [0, 0.1) is 29.6 Å². The summed E-state index contributed by atoms with van der Waals surface area (Å²) in [5.41, 5.74) is 5.89. The van der Waals surface area contributed by atoms with E-state index in [2.05, 4.69) is 5.32 Å². The predicted molar refractivity (Wildman–Crippen MR) is 78.0 cm³/mol. The molecule has 0 saturated heterocycles. The van der Waals surface area contributed by atoms with Gasteiger partial charge in [0.15, 0.2) is 0 Å². The zero-order valence-corrected chi connectivity index (χ0v) is 12.5. The average molecular weight is 280 g/mol. The minimum Gasteiger partial charge on any atom is -0.383 e. The molecule has 4 fully saturated rings. The normalized spacial score (nSPS) is 39.8. The van der Waals surface area contributed by atoms with Crippen LogP contribution < -0.4 is 11.1 Å². The summed E-state index contributed by atoms with van der Waals surface area (Å²) in [5, 5.41) is 3.13. The molecule has 4 nitrogen and oxygen atoms in total. The van der Waals surface area contributed by atoms with Gasteiger partial charge in [-0.3, -0.25) is 4.79 Å². The first-order chi connectivity index (χ1) is 9.67. The molecule has 4 saturated carbocycles. The monoisotopic (exact) mass is 280 g/mol. The molecule has 0 heterocycles. The smallest absolute Gasteiger partial charge is 0.223 e. The Kier molecular flexibility index (Phi) is 4.32. The molecule has 0 aliphatic heterocycles. The number of hydrogen-bond acceptors (Lipinski definition) is 3. The van der Waals surface area contributed by atoms with Crippen LogP contribution in [0.25, 0.3) is 0 Å². The van der Waals surface area contributed by atoms with Crippen molar-refractivity contribution in [3.8, 4) is 0 Å². The Labute approximate surface area is 121 Å². The molecule has 1 atom stereocenters. The third-order valence-corrected chi connectivity index (χ3v) is 5.72. The van der Waals surface area contributed by atoms with E-state index in [1.807, 2.05) is 0 Å². The number of methoxy groups -OCH3 is 1. The van der Waals surface area contributed by atoms with Gasteiger partial charge in [0.05, 0.1) is 6.61 Å². The zero-order valence-electron chi connectivity index (χ0n) is 12.5. The van der Waals surface area contributed by atoms with Crippen molar-refractivity contribution in [2.24, 2.45) is 35.3 Å². The van der Waals surface area contributed by atoms with Gasteiger partial charge in [0.25, 0.3) is 0 Å². The first kappa shape index (κ1) is 14.3. The van der Waals surface area contributed by atoms with Crippen LogP contribution in [0.4, 0.5) is 0 Å². The lowest BCUT2D eigenvalue weighted by atomic mass is 9.51. The molecule has 4 aliphatic carbocycles. The molecule has 114 valence electrons. The molecular formula is C16H28N2O2. The third kappa shape index (κ3) is 2.86. The maximum Gasteiger partial charge on any atom is 0.223 e. The average Bonchev–Trinajstić information content (AvgIpc) is 2.37. The van der Waals surface area contributed by atoms with Crippen molar-refractivity contribution < 1.29 is 9.53 Å². The lowest BCUT2D eigenvalue weighted by Crippen LogP contribution is -2.51. The zero-order chi connectivity index (χ0) is 14.1. The fourth-order valence-electron chi connectivity index (χ4n) is 5.15. The highest BCUT2D eigenvalue weighted by molar-refractivity contribution is 5.79. The summed E-state index contributed by atoms with van der Waals surface area (Å²) < 4.78 is 5.02. The third-order valence-electron chi connectivity index (χ3n) is 5.72. The lowest BCUT2D eigenvalue weighted by Gasteiger charge is -2.53. The van der Waals surface area contributed by atoms with Crippen molar-refractivity contribution in [3.63, 3.8) is 0 Å². The van der Waals surface area contributed by atoms with Gasteiger partial charge < -0.3 is 15.8 Å². The van der Waals surface area contributed by atoms with Gasteiger partial charge in [-0.1, -0.05) is 0 Å². The minimum atomic E-state index is 0.0267. The molecule has 4 bridgehead atoms. The SMILES string of the molecule is COCC(N)CCNC(=O)C1C2CC3CC(C2)CC1C3. The van der Waals surface area contributed by atoms with Crippen LogP contribution in [0.1, 0.15) is 38.5 Å². The highest BCUT2D eigenvalue weighted by Gasteiger charge is 2.50. The number of nitrogens with one attached hydrogen (secondary N) is 1. The Morgan fingerprint density at radius 3 is 2.35 bits per heavy atom. The number of carbonyl (C=O) groups excluding carboxylic acids is 1. The molecule has 4 rings (SSSR count). The maximum atomic E-state index is 12.5. The second kappa shape index (κ2) is 6.02. The van der Waals surface area contributed by atoms with Crippen LogP contribution in [0.3, 0.4) is 0 Å². The molecule has 1 unspecified atom stereocenters. The van der Waals surface area contributed by atoms with Crippen molar-refractivity contribution in [2.75, 3.05) is 20.3 Å². The molecule has 0 aromatic carbocycles. The molecule has 0 aromatic rings. The Morgan fingerprint density at radius 2 is 1.80 bits per heavy atom. The first-order valence-electron chi connectivity index (χ1n) is 8.19. The van der Waals surface area contributed by atoms with E-state index in [0.717, 1.165) is 18.3 Å². The van der Waals surface area contributed by atoms with Crippen LogP contribution >= 0.6 is 0 Å². The van der Waals surface area contributed by atoms with Crippen LogP contribution in [0.2, 0.25) is 0 Å². The molecule has 4 heteroatoms. The van der Waals surface area contributed by atoms with Gasteiger partial charge in [-0.25, -0.2) is 0 Å². The van der Waals surface area contributed by atoms with Gasteiger partial charge in [-0.2, -0.15) is 0 Å². The highest BCUT2D eigenvalue weighted by Crippen LogP contribution is 2.56. The summed E-state index contributed by atoms with van der Waals surface area (Å²) in [5.74, 6) is 3.77. The quantitative estimate of drug-likeness (QED) is 0.775. The second-order valence-corrected chi connectivity index (χ2v) is 7.25. The van der Waals surface area contributed by atoms with E-state index in [-0.39, 0.29) is 6.04 Å². The van der Waals surface area contributed by atoms with E-state index in [1.54, 1.807) is 7.11 Å². The summed E-state index contributed by atoms with van der Waals surface area (Å²) in [7, 11) is 1.66. The largest absolute Gasteiger partial charge is 0.383 e. The second-order valence-electron chi connectivity index (χ2n) is 7.25. The fraction of sp³-hybridized carbons (Fsp3) is 0.938. The highest BCUT2D eigenvalue weighted by atomic mass is 16.5. The Bertz CT molecular complexity index is 330. The molecule has 0 radical (unpaired) electrons. The van der Waals surface area contributed by atoms with Gasteiger partial charge in [-0.15, -0.1) is 0 Å². The Balaban J connectivity index is 1.48. The molecule has 20 heavy (non-hydrogen) atoms.